The van der Waals surface area contributed by atoms with Gasteiger partial charge in [0.1, 0.15) is 11.5 Å². The highest BCUT2D eigenvalue weighted by molar-refractivity contribution is 7.91. The molecular formula is C22H29N3O3S. The summed E-state index contributed by atoms with van der Waals surface area (Å²) in [6.07, 6.45) is 0.710. The lowest BCUT2D eigenvalue weighted by molar-refractivity contribution is 0.476. The summed E-state index contributed by atoms with van der Waals surface area (Å²) < 4.78 is 29.4. The topological polar surface area (TPSA) is 79.8 Å². The number of sulfone groups is 1. The van der Waals surface area contributed by atoms with E-state index in [0.29, 0.717) is 25.5 Å². The van der Waals surface area contributed by atoms with E-state index in [9.17, 15) is 8.42 Å². The lowest BCUT2D eigenvalue weighted by atomic mass is 10.1. The van der Waals surface area contributed by atoms with E-state index in [-0.39, 0.29) is 17.4 Å². The van der Waals surface area contributed by atoms with Crippen molar-refractivity contribution in [1.82, 2.24) is 10.6 Å². The standard InChI is InChI=1S/C22H29N3O3S/c1-3-23-22(24-14-18-11-12-29(26,27)16-18)25-15-19-10-9-17(2)13-21(19)28-20-7-5-4-6-8-20/h4-10,13,18H,3,11-12,14-16H2,1-2H3,(H2,23,24,25). The Morgan fingerprint density at radius 1 is 1.17 bits per heavy atom. The predicted molar refractivity (Wildman–Crippen MR) is 117 cm³/mol. The van der Waals surface area contributed by atoms with Crippen molar-refractivity contribution in [3.8, 4) is 11.5 Å². The lowest BCUT2D eigenvalue weighted by Crippen LogP contribution is -2.40. The first-order chi connectivity index (χ1) is 13.9. The summed E-state index contributed by atoms with van der Waals surface area (Å²) >= 11 is 0. The molecule has 1 aliphatic rings. The molecule has 2 N–H and O–H groups in total. The Hall–Kier alpha value is -2.54. The molecule has 1 heterocycles. The lowest BCUT2D eigenvalue weighted by Gasteiger charge is -2.15. The van der Waals surface area contributed by atoms with Crippen LogP contribution in [0.4, 0.5) is 0 Å². The quantitative estimate of drug-likeness (QED) is 0.536. The van der Waals surface area contributed by atoms with E-state index < -0.39 is 9.84 Å². The predicted octanol–water partition coefficient (Wildman–Crippen LogP) is 3.28. The number of rotatable bonds is 7. The van der Waals surface area contributed by atoms with Crippen LogP contribution >= 0.6 is 0 Å². The summed E-state index contributed by atoms with van der Waals surface area (Å²) in [5, 5.41) is 6.51. The Morgan fingerprint density at radius 2 is 1.97 bits per heavy atom. The highest BCUT2D eigenvalue weighted by Gasteiger charge is 2.27. The minimum atomic E-state index is -2.87. The van der Waals surface area contributed by atoms with Crippen LogP contribution in [0.2, 0.25) is 0 Å². The van der Waals surface area contributed by atoms with Gasteiger partial charge in [-0.15, -0.1) is 0 Å². The molecular weight excluding hydrogens is 386 g/mol. The van der Waals surface area contributed by atoms with Crippen molar-refractivity contribution in [2.75, 3.05) is 24.6 Å². The average molecular weight is 416 g/mol. The molecule has 0 amide bonds. The van der Waals surface area contributed by atoms with Gasteiger partial charge >= 0.3 is 0 Å². The zero-order chi connectivity index (χ0) is 20.7. The molecule has 3 rings (SSSR count). The van der Waals surface area contributed by atoms with Crippen LogP contribution < -0.4 is 15.4 Å². The molecule has 6 nitrogen and oxygen atoms in total. The van der Waals surface area contributed by atoms with Gasteiger partial charge in [0.15, 0.2) is 15.8 Å². The van der Waals surface area contributed by atoms with Crippen LogP contribution in [0.3, 0.4) is 0 Å². The Bertz CT molecular complexity index is 943. The summed E-state index contributed by atoms with van der Waals surface area (Å²) in [4.78, 5) is 4.68. The van der Waals surface area contributed by atoms with Gasteiger partial charge < -0.3 is 15.4 Å². The van der Waals surface area contributed by atoms with Crippen molar-refractivity contribution in [3.05, 3.63) is 59.7 Å². The molecule has 0 aliphatic carbocycles. The van der Waals surface area contributed by atoms with Gasteiger partial charge in [-0.3, -0.25) is 0 Å². The molecule has 156 valence electrons. The van der Waals surface area contributed by atoms with Gasteiger partial charge in [0, 0.05) is 18.7 Å². The van der Waals surface area contributed by atoms with Gasteiger partial charge in [-0.05, 0) is 49.9 Å². The van der Waals surface area contributed by atoms with Gasteiger partial charge in [0.05, 0.1) is 18.1 Å². The van der Waals surface area contributed by atoms with Crippen molar-refractivity contribution in [3.63, 3.8) is 0 Å². The monoisotopic (exact) mass is 415 g/mol. The highest BCUT2D eigenvalue weighted by atomic mass is 32.2. The van der Waals surface area contributed by atoms with Crippen LogP contribution in [0.15, 0.2) is 53.5 Å². The summed E-state index contributed by atoms with van der Waals surface area (Å²) in [6, 6.07) is 15.8. The number of aryl methyl sites for hydroxylation is 1. The molecule has 1 aliphatic heterocycles. The molecule has 1 unspecified atom stereocenters. The number of para-hydroxylation sites is 1. The first-order valence-electron chi connectivity index (χ1n) is 10.00. The fraction of sp³-hybridized carbons (Fsp3) is 0.409. The van der Waals surface area contributed by atoms with Crippen molar-refractivity contribution < 1.29 is 13.2 Å². The minimum absolute atomic E-state index is 0.139. The third-order valence-electron chi connectivity index (χ3n) is 4.83. The first-order valence-corrected chi connectivity index (χ1v) is 11.8. The number of guanidine groups is 1. The minimum Gasteiger partial charge on any atom is -0.457 e. The Kier molecular flexibility index (Phi) is 7.14. The largest absolute Gasteiger partial charge is 0.457 e. The van der Waals surface area contributed by atoms with Gasteiger partial charge in [-0.1, -0.05) is 30.3 Å². The van der Waals surface area contributed by atoms with Gasteiger partial charge in [-0.2, -0.15) is 0 Å². The Morgan fingerprint density at radius 3 is 2.66 bits per heavy atom. The van der Waals surface area contributed by atoms with Gasteiger partial charge in [0.25, 0.3) is 0 Å². The normalized spacial score (nSPS) is 18.4. The second-order valence-electron chi connectivity index (χ2n) is 7.37. The molecule has 7 heteroatoms. The zero-order valence-electron chi connectivity index (χ0n) is 17.0. The smallest absolute Gasteiger partial charge is 0.191 e. The summed E-state index contributed by atoms with van der Waals surface area (Å²) in [6.45, 7) is 5.84. The van der Waals surface area contributed by atoms with Crippen molar-refractivity contribution in [2.45, 2.75) is 26.8 Å². The molecule has 1 fully saturated rings. The Labute approximate surface area is 173 Å². The molecule has 0 radical (unpaired) electrons. The van der Waals surface area contributed by atoms with E-state index in [4.69, 9.17) is 4.74 Å². The van der Waals surface area contributed by atoms with E-state index >= 15 is 0 Å². The third kappa shape index (κ3) is 6.49. The summed E-state index contributed by atoms with van der Waals surface area (Å²) in [5.41, 5.74) is 2.11. The molecule has 1 atom stereocenters. The maximum absolute atomic E-state index is 11.6. The van der Waals surface area contributed by atoms with E-state index in [1.807, 2.05) is 62.4 Å². The molecule has 2 aromatic rings. The van der Waals surface area contributed by atoms with Crippen molar-refractivity contribution in [2.24, 2.45) is 10.9 Å². The third-order valence-corrected chi connectivity index (χ3v) is 6.67. The number of aliphatic imine (C=N–C) groups is 1. The van der Waals surface area contributed by atoms with Crippen LogP contribution in [0.5, 0.6) is 11.5 Å². The van der Waals surface area contributed by atoms with Crippen LogP contribution in [0.25, 0.3) is 0 Å². The molecule has 29 heavy (non-hydrogen) atoms. The second kappa shape index (κ2) is 9.78. The average Bonchev–Trinajstić information content (AvgIpc) is 3.05. The molecule has 0 spiro atoms. The molecule has 0 saturated carbocycles. The molecule has 2 aromatic carbocycles. The number of nitrogens with zero attached hydrogens (tertiary/aromatic N) is 1. The van der Waals surface area contributed by atoms with Crippen LogP contribution in [0, 0.1) is 12.8 Å². The maximum atomic E-state index is 11.6. The number of hydrogen-bond donors (Lipinski definition) is 2. The second-order valence-corrected chi connectivity index (χ2v) is 9.60. The van der Waals surface area contributed by atoms with Gasteiger partial charge in [0.2, 0.25) is 0 Å². The van der Waals surface area contributed by atoms with E-state index in [1.54, 1.807) is 0 Å². The van der Waals surface area contributed by atoms with Crippen LogP contribution in [-0.4, -0.2) is 39.0 Å². The fourth-order valence-corrected chi connectivity index (χ4v) is 5.14. The van der Waals surface area contributed by atoms with E-state index in [2.05, 4.69) is 15.6 Å². The van der Waals surface area contributed by atoms with Crippen molar-refractivity contribution in [1.29, 1.82) is 0 Å². The first kappa shape index (κ1) is 21.2. The van der Waals surface area contributed by atoms with E-state index in [0.717, 1.165) is 29.2 Å². The van der Waals surface area contributed by atoms with Crippen molar-refractivity contribution >= 4 is 15.8 Å². The highest BCUT2D eigenvalue weighted by Crippen LogP contribution is 2.27. The maximum Gasteiger partial charge on any atom is 0.191 e. The number of hydrogen-bond acceptors (Lipinski definition) is 4. The Balaban J connectivity index is 1.68. The van der Waals surface area contributed by atoms with Gasteiger partial charge in [-0.25, -0.2) is 13.4 Å². The number of benzene rings is 2. The SMILES string of the molecule is CCNC(=NCc1ccc(C)cc1Oc1ccccc1)NCC1CCS(=O)(=O)C1. The molecule has 0 bridgehead atoms. The summed E-state index contributed by atoms with van der Waals surface area (Å²) in [5.74, 6) is 2.94. The molecule has 1 saturated heterocycles. The van der Waals surface area contributed by atoms with Crippen LogP contribution in [0.1, 0.15) is 24.5 Å². The summed E-state index contributed by atoms with van der Waals surface area (Å²) in [7, 11) is -2.87. The number of ether oxygens (including phenoxy) is 1. The van der Waals surface area contributed by atoms with E-state index in [1.165, 1.54) is 0 Å². The van der Waals surface area contributed by atoms with Crippen LogP contribution in [-0.2, 0) is 16.4 Å². The fourth-order valence-electron chi connectivity index (χ4n) is 3.28. The zero-order valence-corrected chi connectivity index (χ0v) is 17.8. The number of nitrogens with one attached hydrogen (secondary N) is 2. The molecule has 0 aromatic heterocycles.